The summed E-state index contributed by atoms with van der Waals surface area (Å²) in [6.45, 7) is 4.84. The smallest absolute Gasteiger partial charge is 0.231 e. The number of benzene rings is 1. The largest absolute Gasteiger partial charge is 0.454 e. The predicted molar refractivity (Wildman–Crippen MR) is 80.9 cm³/mol. The van der Waals surface area contributed by atoms with Gasteiger partial charge in [0.2, 0.25) is 6.79 Å². The summed E-state index contributed by atoms with van der Waals surface area (Å²) in [6.07, 6.45) is 2.53. The fourth-order valence-corrected chi connectivity index (χ4v) is 3.21. The normalized spacial score (nSPS) is 23.6. The van der Waals surface area contributed by atoms with Crippen LogP contribution in [0.15, 0.2) is 12.1 Å². The van der Waals surface area contributed by atoms with Gasteiger partial charge in [0.25, 0.3) is 0 Å². The number of hydrogen-bond donors (Lipinski definition) is 1. The average molecular weight is 297 g/mol. The van der Waals surface area contributed by atoms with Crippen LogP contribution in [-0.2, 0) is 0 Å². The van der Waals surface area contributed by atoms with Crippen molar-refractivity contribution in [1.29, 1.82) is 0 Å². The van der Waals surface area contributed by atoms with E-state index in [1.54, 1.807) is 0 Å². The lowest BCUT2D eigenvalue weighted by Crippen LogP contribution is -2.39. The van der Waals surface area contributed by atoms with Gasteiger partial charge in [0.1, 0.15) is 0 Å². The van der Waals surface area contributed by atoms with Gasteiger partial charge >= 0.3 is 0 Å². The van der Waals surface area contributed by atoms with Crippen LogP contribution >= 0.6 is 11.6 Å². The number of halogens is 1. The minimum Gasteiger partial charge on any atom is -0.454 e. The summed E-state index contributed by atoms with van der Waals surface area (Å²) in [5, 5.41) is 4.22. The zero-order chi connectivity index (χ0) is 14.1. The highest BCUT2D eigenvalue weighted by molar-refractivity contribution is 6.33. The molecule has 0 bridgehead atoms. The lowest BCUT2D eigenvalue weighted by molar-refractivity contribution is 0.174. The number of hydrogen-bond acceptors (Lipinski definition) is 4. The molecule has 2 heterocycles. The molecule has 1 N–H and O–H groups in total. The van der Waals surface area contributed by atoms with Gasteiger partial charge in [-0.3, -0.25) is 0 Å². The highest BCUT2D eigenvalue weighted by Gasteiger charge is 2.24. The van der Waals surface area contributed by atoms with Crippen molar-refractivity contribution in [3.8, 4) is 11.5 Å². The molecular weight excluding hydrogens is 276 g/mol. The zero-order valence-corrected chi connectivity index (χ0v) is 12.7. The minimum atomic E-state index is 0.276. The Morgan fingerprint density at radius 3 is 2.85 bits per heavy atom. The minimum absolute atomic E-state index is 0.276. The van der Waals surface area contributed by atoms with Crippen molar-refractivity contribution in [2.45, 2.75) is 25.8 Å². The summed E-state index contributed by atoms with van der Waals surface area (Å²) in [7, 11) is 2.19. The molecular formula is C15H21ClN2O2. The molecule has 5 heteroatoms. The van der Waals surface area contributed by atoms with Crippen molar-refractivity contribution in [3.63, 3.8) is 0 Å². The third-order valence-corrected chi connectivity index (χ3v) is 4.53. The number of nitrogens with one attached hydrogen (secondary N) is 1. The maximum absolute atomic E-state index is 6.31. The van der Waals surface area contributed by atoms with Crippen LogP contribution in [-0.4, -0.2) is 37.9 Å². The number of piperidine rings is 1. The van der Waals surface area contributed by atoms with Crippen LogP contribution in [0.1, 0.15) is 19.8 Å². The number of likely N-dealkylation sites (tertiary alicyclic amines) is 1. The van der Waals surface area contributed by atoms with E-state index < -0.39 is 0 Å². The Balaban J connectivity index is 1.71. The van der Waals surface area contributed by atoms with Gasteiger partial charge in [-0.25, -0.2) is 0 Å². The third-order valence-electron chi connectivity index (χ3n) is 4.21. The van der Waals surface area contributed by atoms with Crippen LogP contribution in [0.2, 0.25) is 5.02 Å². The summed E-state index contributed by atoms with van der Waals surface area (Å²) in [5.41, 5.74) is 0.927. The molecule has 20 heavy (non-hydrogen) atoms. The Morgan fingerprint density at radius 2 is 2.10 bits per heavy atom. The van der Waals surface area contributed by atoms with Gasteiger partial charge in [0, 0.05) is 24.7 Å². The van der Waals surface area contributed by atoms with Gasteiger partial charge in [0.05, 0.1) is 10.7 Å². The Kier molecular flexibility index (Phi) is 3.94. The summed E-state index contributed by atoms with van der Waals surface area (Å²) in [6, 6.07) is 4.15. The molecule has 0 radical (unpaired) electrons. The van der Waals surface area contributed by atoms with E-state index in [2.05, 4.69) is 24.2 Å². The Labute approximate surface area is 125 Å². The molecule has 110 valence electrons. The predicted octanol–water partition coefficient (Wildman–Crippen LogP) is 3.21. The molecule has 0 saturated carbocycles. The monoisotopic (exact) mass is 296 g/mol. The van der Waals surface area contributed by atoms with Crippen molar-refractivity contribution in [3.05, 3.63) is 17.2 Å². The van der Waals surface area contributed by atoms with E-state index >= 15 is 0 Å². The number of fused-ring (bicyclic) bond motifs is 1. The fraction of sp³-hybridized carbons (Fsp3) is 0.600. The van der Waals surface area contributed by atoms with Crippen LogP contribution in [0, 0.1) is 5.92 Å². The van der Waals surface area contributed by atoms with Crippen molar-refractivity contribution in [2.75, 3.05) is 32.2 Å². The lowest BCUT2D eigenvalue weighted by Gasteiger charge is -2.34. The van der Waals surface area contributed by atoms with Gasteiger partial charge in [0.15, 0.2) is 11.5 Å². The van der Waals surface area contributed by atoms with E-state index in [1.165, 1.54) is 19.4 Å². The molecule has 2 aliphatic heterocycles. The van der Waals surface area contributed by atoms with Crippen LogP contribution in [0.5, 0.6) is 11.5 Å². The van der Waals surface area contributed by atoms with Crippen molar-refractivity contribution < 1.29 is 9.47 Å². The molecule has 1 aromatic rings. The number of ether oxygens (including phenoxy) is 2. The molecule has 0 aliphatic carbocycles. The molecule has 0 spiro atoms. The fourth-order valence-electron chi connectivity index (χ4n) is 3.01. The van der Waals surface area contributed by atoms with Crippen LogP contribution < -0.4 is 14.8 Å². The molecule has 0 amide bonds. The van der Waals surface area contributed by atoms with Crippen LogP contribution in [0.3, 0.4) is 0 Å². The summed E-state index contributed by atoms with van der Waals surface area (Å²) < 4.78 is 10.7. The highest BCUT2D eigenvalue weighted by atomic mass is 35.5. The molecule has 2 atom stereocenters. The van der Waals surface area contributed by atoms with E-state index in [1.807, 2.05) is 12.1 Å². The lowest BCUT2D eigenvalue weighted by atomic mass is 9.91. The van der Waals surface area contributed by atoms with Crippen molar-refractivity contribution >= 4 is 17.3 Å². The van der Waals surface area contributed by atoms with Crippen molar-refractivity contribution in [2.24, 2.45) is 5.92 Å². The second kappa shape index (κ2) is 5.70. The maximum Gasteiger partial charge on any atom is 0.231 e. The molecule has 1 fully saturated rings. The quantitative estimate of drug-likeness (QED) is 0.929. The second-order valence-electron chi connectivity index (χ2n) is 5.78. The number of anilines is 1. The summed E-state index contributed by atoms with van der Waals surface area (Å²) in [4.78, 5) is 2.40. The molecule has 1 aromatic carbocycles. The van der Waals surface area contributed by atoms with Gasteiger partial charge in [-0.2, -0.15) is 0 Å². The van der Waals surface area contributed by atoms with Crippen molar-refractivity contribution in [1.82, 2.24) is 4.90 Å². The zero-order valence-electron chi connectivity index (χ0n) is 12.0. The topological polar surface area (TPSA) is 33.7 Å². The SMILES string of the molecule is CC(Nc1cc2c(cc1Cl)OCO2)C1CCCN(C)C1. The first-order valence-electron chi connectivity index (χ1n) is 7.17. The number of nitrogens with zero attached hydrogens (tertiary/aromatic N) is 1. The van der Waals surface area contributed by atoms with E-state index in [0.29, 0.717) is 17.0 Å². The Bertz CT molecular complexity index is 495. The van der Waals surface area contributed by atoms with E-state index in [0.717, 1.165) is 23.7 Å². The Morgan fingerprint density at radius 1 is 1.35 bits per heavy atom. The maximum atomic E-state index is 6.31. The first-order chi connectivity index (χ1) is 9.63. The molecule has 0 aromatic heterocycles. The van der Waals surface area contributed by atoms with E-state index in [-0.39, 0.29) is 6.79 Å². The van der Waals surface area contributed by atoms with E-state index in [9.17, 15) is 0 Å². The average Bonchev–Trinajstić information content (AvgIpc) is 2.86. The second-order valence-corrected chi connectivity index (χ2v) is 6.19. The molecule has 3 rings (SSSR count). The first-order valence-corrected chi connectivity index (χ1v) is 7.55. The summed E-state index contributed by atoms with van der Waals surface area (Å²) in [5.74, 6) is 2.14. The van der Waals surface area contributed by atoms with Crippen LogP contribution in [0.4, 0.5) is 5.69 Å². The van der Waals surface area contributed by atoms with Gasteiger partial charge in [-0.15, -0.1) is 0 Å². The number of rotatable bonds is 3. The van der Waals surface area contributed by atoms with E-state index in [4.69, 9.17) is 21.1 Å². The van der Waals surface area contributed by atoms with Gasteiger partial charge < -0.3 is 19.7 Å². The van der Waals surface area contributed by atoms with Gasteiger partial charge in [-0.1, -0.05) is 11.6 Å². The highest BCUT2D eigenvalue weighted by Crippen LogP contribution is 2.39. The molecule has 2 aliphatic rings. The van der Waals surface area contributed by atoms with Gasteiger partial charge in [-0.05, 0) is 39.3 Å². The third kappa shape index (κ3) is 2.81. The molecule has 4 nitrogen and oxygen atoms in total. The Hall–Kier alpha value is -1.13. The molecule has 1 saturated heterocycles. The van der Waals surface area contributed by atoms with Crippen LogP contribution in [0.25, 0.3) is 0 Å². The standard InChI is InChI=1S/C15H21ClN2O2/c1-10(11-4-3-5-18(2)8-11)17-13-7-15-14(6-12(13)16)19-9-20-15/h6-7,10-11,17H,3-5,8-9H2,1-2H3. The first kappa shape index (κ1) is 13.8. The molecule has 2 unspecified atom stereocenters. The summed E-state index contributed by atoms with van der Waals surface area (Å²) >= 11 is 6.31.